The summed E-state index contributed by atoms with van der Waals surface area (Å²) in [5.74, 6) is -1.83. The van der Waals surface area contributed by atoms with Crippen LogP contribution in [0.5, 0.6) is 0 Å². The van der Waals surface area contributed by atoms with Crippen LogP contribution in [0.25, 0.3) is 0 Å². The average molecular weight is 481 g/mol. The molecule has 0 spiro atoms. The number of carbonyl (C=O) groups is 3. The van der Waals surface area contributed by atoms with Crippen LogP contribution in [0.2, 0.25) is 0 Å². The third-order valence-corrected chi connectivity index (χ3v) is 5.55. The number of ketones is 1. The maximum Gasteiger partial charge on any atom is 0.420 e. The molecule has 3 aromatic rings. The van der Waals surface area contributed by atoms with Gasteiger partial charge in [0.25, 0.3) is 0 Å². The lowest BCUT2D eigenvalue weighted by Crippen LogP contribution is -2.35. The lowest BCUT2D eigenvalue weighted by Gasteiger charge is -2.22. The highest BCUT2D eigenvalue weighted by Crippen LogP contribution is 2.24. The fourth-order valence-electron chi connectivity index (χ4n) is 3.09. The Bertz CT molecular complexity index is 1140. The van der Waals surface area contributed by atoms with Crippen LogP contribution in [-0.4, -0.2) is 33.9 Å². The lowest BCUT2D eigenvalue weighted by atomic mass is 10.0. The van der Waals surface area contributed by atoms with Gasteiger partial charge in [-0.05, 0) is 29.6 Å². The molecule has 0 atom stereocenters. The largest absolute Gasteiger partial charge is 0.444 e. The third-order valence-electron chi connectivity index (χ3n) is 4.59. The van der Waals surface area contributed by atoms with Crippen LogP contribution in [-0.2, 0) is 16.1 Å². The zero-order valence-electron chi connectivity index (χ0n) is 18.9. The normalized spacial score (nSPS) is 10.6. The van der Waals surface area contributed by atoms with E-state index in [0.717, 1.165) is 23.6 Å². The van der Waals surface area contributed by atoms with Gasteiger partial charge in [-0.15, -0.1) is 0 Å². The number of rotatable bonds is 9. The number of para-hydroxylation sites is 1. The Labute approximate surface area is 202 Å². The number of hydrogen-bond donors (Lipinski definition) is 1. The van der Waals surface area contributed by atoms with E-state index in [2.05, 4.69) is 5.32 Å². The first kappa shape index (κ1) is 25.0. The highest BCUT2D eigenvalue weighted by Gasteiger charge is 2.24. The second-order valence-electron chi connectivity index (χ2n) is 7.64. The number of benzene rings is 3. The van der Waals surface area contributed by atoms with Crippen LogP contribution in [0.4, 0.5) is 14.9 Å². The quantitative estimate of drug-likeness (QED) is 0.315. The summed E-state index contributed by atoms with van der Waals surface area (Å²) in [6.07, 6.45) is -0.688. The van der Waals surface area contributed by atoms with Gasteiger partial charge in [0.1, 0.15) is 19.0 Å². The standard InChI is InChI=1S/C26H25FN2O4S/c1-18(2)34-29(26(32)33-17-19-10-5-3-6-11-19)16-23(30)28-24-21(14-9-15-22(24)27)25(31)20-12-7-4-8-13-20/h3-15,18H,16-17H2,1-2H3,(H,28,30). The van der Waals surface area contributed by atoms with E-state index in [0.29, 0.717) is 5.56 Å². The van der Waals surface area contributed by atoms with Crippen LogP contribution < -0.4 is 5.32 Å². The van der Waals surface area contributed by atoms with E-state index in [-0.39, 0.29) is 29.7 Å². The number of ether oxygens (including phenoxy) is 1. The number of carbonyl (C=O) groups excluding carboxylic acids is 3. The number of nitrogens with one attached hydrogen (secondary N) is 1. The summed E-state index contributed by atoms with van der Waals surface area (Å²) in [5, 5.41) is 2.45. The Morgan fingerprint density at radius 3 is 2.24 bits per heavy atom. The molecule has 0 aliphatic rings. The fourth-order valence-corrected chi connectivity index (χ4v) is 3.92. The minimum absolute atomic E-state index is 0.0132. The van der Waals surface area contributed by atoms with Gasteiger partial charge in [-0.2, -0.15) is 0 Å². The first-order valence-corrected chi connectivity index (χ1v) is 11.5. The molecule has 176 valence electrons. The fraction of sp³-hybridized carbons (Fsp3) is 0.192. The van der Waals surface area contributed by atoms with Crippen LogP contribution in [0, 0.1) is 5.82 Å². The summed E-state index contributed by atoms with van der Waals surface area (Å²) in [6, 6.07) is 21.6. The van der Waals surface area contributed by atoms with E-state index >= 15 is 0 Å². The molecule has 0 aromatic heterocycles. The lowest BCUT2D eigenvalue weighted by molar-refractivity contribution is -0.116. The zero-order chi connectivity index (χ0) is 24.5. The first-order valence-electron chi connectivity index (χ1n) is 10.7. The molecule has 1 N–H and O–H groups in total. The van der Waals surface area contributed by atoms with Crippen LogP contribution >= 0.6 is 11.9 Å². The van der Waals surface area contributed by atoms with Crippen molar-refractivity contribution < 1.29 is 23.5 Å². The summed E-state index contributed by atoms with van der Waals surface area (Å²) >= 11 is 1.13. The second-order valence-corrected chi connectivity index (χ2v) is 9.23. The molecule has 3 aromatic carbocycles. The van der Waals surface area contributed by atoms with Gasteiger partial charge in [-0.25, -0.2) is 13.5 Å². The molecule has 0 heterocycles. The average Bonchev–Trinajstić information content (AvgIpc) is 2.84. The van der Waals surface area contributed by atoms with Crippen molar-refractivity contribution in [2.24, 2.45) is 0 Å². The van der Waals surface area contributed by atoms with Crippen molar-refractivity contribution in [3.8, 4) is 0 Å². The molecule has 0 aliphatic heterocycles. The Hall–Kier alpha value is -3.65. The molecule has 6 nitrogen and oxygen atoms in total. The number of hydrogen-bond acceptors (Lipinski definition) is 5. The van der Waals surface area contributed by atoms with Crippen LogP contribution in [0.3, 0.4) is 0 Å². The molecule has 3 rings (SSSR count). The van der Waals surface area contributed by atoms with Crippen LogP contribution in [0.15, 0.2) is 78.9 Å². The third kappa shape index (κ3) is 6.92. The summed E-state index contributed by atoms with van der Waals surface area (Å²) in [6.45, 7) is 3.41. The molecular formula is C26H25FN2O4S. The highest BCUT2D eigenvalue weighted by atomic mass is 32.2. The van der Waals surface area contributed by atoms with Crippen molar-refractivity contribution in [3.05, 3.63) is 101 Å². The number of nitrogens with zero attached hydrogens (tertiary/aromatic N) is 1. The topological polar surface area (TPSA) is 75.7 Å². The predicted molar refractivity (Wildman–Crippen MR) is 131 cm³/mol. The summed E-state index contributed by atoms with van der Waals surface area (Å²) in [7, 11) is 0. The maximum atomic E-state index is 14.6. The van der Waals surface area contributed by atoms with Crippen molar-refractivity contribution in [1.29, 1.82) is 0 Å². The van der Waals surface area contributed by atoms with E-state index in [1.165, 1.54) is 16.4 Å². The molecule has 34 heavy (non-hydrogen) atoms. The SMILES string of the molecule is CC(C)SN(CC(=O)Nc1c(F)cccc1C(=O)c1ccccc1)C(=O)OCc1ccccc1. The van der Waals surface area contributed by atoms with E-state index in [4.69, 9.17) is 4.74 Å². The summed E-state index contributed by atoms with van der Waals surface area (Å²) in [5.41, 5.74) is 0.970. The van der Waals surface area contributed by atoms with Gasteiger partial charge in [0, 0.05) is 16.4 Å². The second kappa shape index (κ2) is 12.0. The molecule has 0 saturated carbocycles. The molecule has 8 heteroatoms. The van der Waals surface area contributed by atoms with Gasteiger partial charge < -0.3 is 10.1 Å². The summed E-state index contributed by atoms with van der Waals surface area (Å²) < 4.78 is 21.2. The van der Waals surface area contributed by atoms with E-state index < -0.39 is 23.6 Å². The van der Waals surface area contributed by atoms with Gasteiger partial charge in [0.05, 0.1) is 5.69 Å². The molecule has 0 aliphatic carbocycles. The van der Waals surface area contributed by atoms with Crippen molar-refractivity contribution >= 4 is 35.4 Å². The molecule has 0 unspecified atom stereocenters. The molecule has 0 radical (unpaired) electrons. The van der Waals surface area contributed by atoms with Gasteiger partial charge in [0.2, 0.25) is 5.91 Å². The van der Waals surface area contributed by atoms with E-state index in [1.807, 2.05) is 44.2 Å². The van der Waals surface area contributed by atoms with Crippen molar-refractivity contribution in [1.82, 2.24) is 4.31 Å². The predicted octanol–water partition coefficient (Wildman–Crippen LogP) is 5.69. The van der Waals surface area contributed by atoms with Crippen molar-refractivity contribution in [2.75, 3.05) is 11.9 Å². The van der Waals surface area contributed by atoms with Gasteiger partial charge in [0.15, 0.2) is 5.78 Å². The Balaban J connectivity index is 1.73. The Morgan fingerprint density at radius 2 is 1.59 bits per heavy atom. The van der Waals surface area contributed by atoms with Gasteiger partial charge in [-0.1, -0.05) is 80.6 Å². The van der Waals surface area contributed by atoms with Crippen molar-refractivity contribution in [2.45, 2.75) is 25.7 Å². The van der Waals surface area contributed by atoms with Gasteiger partial charge >= 0.3 is 6.09 Å². The molecule has 0 fully saturated rings. The number of halogens is 1. The Morgan fingerprint density at radius 1 is 0.941 bits per heavy atom. The molecular weight excluding hydrogens is 455 g/mol. The number of anilines is 1. The van der Waals surface area contributed by atoms with E-state index in [1.54, 1.807) is 30.3 Å². The molecule has 2 amide bonds. The smallest absolute Gasteiger partial charge is 0.420 e. The minimum atomic E-state index is -0.746. The Kier molecular flexibility index (Phi) is 8.81. The van der Waals surface area contributed by atoms with Gasteiger partial charge in [-0.3, -0.25) is 9.59 Å². The molecule has 0 saturated heterocycles. The zero-order valence-corrected chi connectivity index (χ0v) is 19.7. The van der Waals surface area contributed by atoms with Crippen LogP contribution in [0.1, 0.15) is 35.3 Å². The number of amides is 2. The minimum Gasteiger partial charge on any atom is -0.444 e. The maximum absolute atomic E-state index is 14.6. The van der Waals surface area contributed by atoms with E-state index in [9.17, 15) is 18.8 Å². The van der Waals surface area contributed by atoms with Crippen molar-refractivity contribution in [3.63, 3.8) is 0 Å². The highest BCUT2D eigenvalue weighted by molar-refractivity contribution is 7.98. The summed E-state index contributed by atoms with van der Waals surface area (Å²) in [4.78, 5) is 38.3. The monoisotopic (exact) mass is 480 g/mol. The molecule has 0 bridgehead atoms. The first-order chi connectivity index (χ1) is 16.3.